The van der Waals surface area contributed by atoms with Crippen LogP contribution in [0.1, 0.15) is 31.0 Å². The molecule has 0 bridgehead atoms. The molecule has 0 aliphatic carbocycles. The van der Waals surface area contributed by atoms with Gasteiger partial charge in [0.2, 0.25) is 0 Å². The smallest absolute Gasteiger partial charge is 0.179 e. The summed E-state index contributed by atoms with van der Waals surface area (Å²) in [5.74, 6) is 2.08. The summed E-state index contributed by atoms with van der Waals surface area (Å²) in [6.45, 7) is 5.45. The van der Waals surface area contributed by atoms with Gasteiger partial charge in [-0.3, -0.25) is 0 Å². The van der Waals surface area contributed by atoms with E-state index in [0.717, 1.165) is 11.3 Å². The molecule has 0 saturated carbocycles. The molecule has 0 aliphatic heterocycles. The zero-order valence-electron chi connectivity index (χ0n) is 14.6. The lowest BCUT2D eigenvalue weighted by Gasteiger charge is -2.16. The molecule has 0 fully saturated rings. The third kappa shape index (κ3) is 4.56. The Bertz CT molecular complexity index is 658. The van der Waals surface area contributed by atoms with Crippen molar-refractivity contribution in [2.45, 2.75) is 26.4 Å². The Kier molecular flexibility index (Phi) is 6.76. The second kappa shape index (κ2) is 8.81. The fraction of sp³-hybridized carbons (Fsp3) is 0.368. The molecule has 0 heterocycles. The van der Waals surface area contributed by atoms with Crippen molar-refractivity contribution < 1.29 is 14.2 Å². The summed E-state index contributed by atoms with van der Waals surface area (Å²) in [5.41, 5.74) is 2.24. The SMILES string of the molecule is CCOc1ccc(C(C)NCc2cc(Cl)c(OC)c(OC)c2)cc1. The molecule has 130 valence electrons. The second-order valence-corrected chi connectivity index (χ2v) is 5.82. The summed E-state index contributed by atoms with van der Waals surface area (Å²) in [6.07, 6.45) is 0. The molecular formula is C19H24ClNO3. The van der Waals surface area contributed by atoms with E-state index in [1.54, 1.807) is 14.2 Å². The maximum atomic E-state index is 6.25. The monoisotopic (exact) mass is 349 g/mol. The van der Waals surface area contributed by atoms with E-state index in [9.17, 15) is 0 Å². The summed E-state index contributed by atoms with van der Waals surface area (Å²) in [4.78, 5) is 0. The minimum atomic E-state index is 0.201. The van der Waals surface area contributed by atoms with Crippen molar-refractivity contribution in [3.63, 3.8) is 0 Å². The van der Waals surface area contributed by atoms with E-state index in [0.29, 0.717) is 29.7 Å². The Balaban J connectivity index is 2.03. The van der Waals surface area contributed by atoms with Gasteiger partial charge in [-0.25, -0.2) is 0 Å². The van der Waals surface area contributed by atoms with Crippen molar-refractivity contribution in [1.29, 1.82) is 0 Å². The van der Waals surface area contributed by atoms with E-state index in [1.807, 2.05) is 31.2 Å². The highest BCUT2D eigenvalue weighted by Crippen LogP contribution is 2.36. The van der Waals surface area contributed by atoms with Crippen LogP contribution in [0.3, 0.4) is 0 Å². The van der Waals surface area contributed by atoms with E-state index in [-0.39, 0.29) is 6.04 Å². The Labute approximate surface area is 148 Å². The van der Waals surface area contributed by atoms with Crippen LogP contribution < -0.4 is 19.5 Å². The number of benzene rings is 2. The zero-order valence-corrected chi connectivity index (χ0v) is 15.3. The summed E-state index contributed by atoms with van der Waals surface area (Å²) in [6, 6.07) is 12.2. The maximum Gasteiger partial charge on any atom is 0.179 e. The molecule has 0 aliphatic rings. The van der Waals surface area contributed by atoms with Crippen LogP contribution in [0.2, 0.25) is 5.02 Å². The van der Waals surface area contributed by atoms with Crippen molar-refractivity contribution in [1.82, 2.24) is 5.32 Å². The zero-order chi connectivity index (χ0) is 17.5. The number of rotatable bonds is 8. The lowest BCUT2D eigenvalue weighted by Crippen LogP contribution is -2.18. The molecule has 0 aromatic heterocycles. The van der Waals surface area contributed by atoms with Crippen molar-refractivity contribution in [3.8, 4) is 17.2 Å². The third-order valence-corrected chi connectivity index (χ3v) is 4.08. The summed E-state index contributed by atoms with van der Waals surface area (Å²) in [7, 11) is 3.18. The average molecular weight is 350 g/mol. The minimum Gasteiger partial charge on any atom is -0.494 e. The van der Waals surface area contributed by atoms with Crippen LogP contribution in [0.15, 0.2) is 36.4 Å². The van der Waals surface area contributed by atoms with Crippen molar-refractivity contribution in [2.24, 2.45) is 0 Å². The van der Waals surface area contributed by atoms with Crippen molar-refractivity contribution in [3.05, 3.63) is 52.5 Å². The van der Waals surface area contributed by atoms with E-state index < -0.39 is 0 Å². The van der Waals surface area contributed by atoms with Gasteiger partial charge in [-0.2, -0.15) is 0 Å². The molecule has 1 N–H and O–H groups in total. The number of methoxy groups -OCH3 is 2. The predicted molar refractivity (Wildman–Crippen MR) is 97.4 cm³/mol. The van der Waals surface area contributed by atoms with Crippen LogP contribution in [0.25, 0.3) is 0 Å². The van der Waals surface area contributed by atoms with Gasteiger partial charge in [0, 0.05) is 12.6 Å². The minimum absolute atomic E-state index is 0.201. The molecule has 1 atom stereocenters. The summed E-state index contributed by atoms with van der Waals surface area (Å²) < 4.78 is 16.1. The van der Waals surface area contributed by atoms with Gasteiger partial charge in [0.1, 0.15) is 5.75 Å². The average Bonchev–Trinajstić information content (AvgIpc) is 2.60. The van der Waals surface area contributed by atoms with Gasteiger partial charge in [0.15, 0.2) is 11.5 Å². The molecule has 5 heteroatoms. The number of hydrogen-bond donors (Lipinski definition) is 1. The highest BCUT2D eigenvalue weighted by Gasteiger charge is 2.12. The first-order valence-corrected chi connectivity index (χ1v) is 8.33. The van der Waals surface area contributed by atoms with Crippen LogP contribution in [-0.2, 0) is 6.54 Å². The van der Waals surface area contributed by atoms with Crippen molar-refractivity contribution >= 4 is 11.6 Å². The van der Waals surface area contributed by atoms with Gasteiger partial charge in [-0.15, -0.1) is 0 Å². The largest absolute Gasteiger partial charge is 0.494 e. The first-order valence-electron chi connectivity index (χ1n) is 7.95. The fourth-order valence-electron chi connectivity index (χ4n) is 2.48. The molecule has 0 radical (unpaired) electrons. The lowest BCUT2D eigenvalue weighted by atomic mass is 10.1. The Morgan fingerprint density at radius 3 is 2.38 bits per heavy atom. The number of halogens is 1. The predicted octanol–water partition coefficient (Wildman–Crippen LogP) is 4.61. The molecule has 2 aromatic carbocycles. The molecule has 0 amide bonds. The molecule has 4 nitrogen and oxygen atoms in total. The molecule has 2 aromatic rings. The first kappa shape index (κ1) is 18.4. The Morgan fingerprint density at radius 2 is 1.79 bits per heavy atom. The van der Waals surface area contributed by atoms with Crippen LogP contribution in [0.4, 0.5) is 0 Å². The van der Waals surface area contributed by atoms with E-state index >= 15 is 0 Å². The normalized spacial score (nSPS) is 11.9. The Hall–Kier alpha value is -1.91. The second-order valence-electron chi connectivity index (χ2n) is 5.42. The third-order valence-electron chi connectivity index (χ3n) is 3.80. The molecular weight excluding hydrogens is 326 g/mol. The van der Waals surface area contributed by atoms with E-state index in [4.69, 9.17) is 25.8 Å². The topological polar surface area (TPSA) is 39.7 Å². The molecule has 2 rings (SSSR count). The van der Waals surface area contributed by atoms with Gasteiger partial charge >= 0.3 is 0 Å². The summed E-state index contributed by atoms with van der Waals surface area (Å²) in [5, 5.41) is 4.03. The van der Waals surface area contributed by atoms with Crippen molar-refractivity contribution in [2.75, 3.05) is 20.8 Å². The van der Waals surface area contributed by atoms with Gasteiger partial charge in [-0.05, 0) is 49.2 Å². The summed E-state index contributed by atoms with van der Waals surface area (Å²) >= 11 is 6.25. The number of hydrogen-bond acceptors (Lipinski definition) is 4. The van der Waals surface area contributed by atoms with Crippen LogP contribution in [-0.4, -0.2) is 20.8 Å². The molecule has 0 saturated heterocycles. The number of ether oxygens (including phenoxy) is 3. The van der Waals surface area contributed by atoms with Crippen LogP contribution in [0.5, 0.6) is 17.2 Å². The van der Waals surface area contributed by atoms with Gasteiger partial charge in [0.25, 0.3) is 0 Å². The van der Waals surface area contributed by atoms with Crippen LogP contribution >= 0.6 is 11.6 Å². The van der Waals surface area contributed by atoms with Gasteiger partial charge in [0.05, 0.1) is 25.8 Å². The molecule has 0 spiro atoms. The maximum absolute atomic E-state index is 6.25. The first-order chi connectivity index (χ1) is 11.6. The lowest BCUT2D eigenvalue weighted by molar-refractivity contribution is 0.340. The number of nitrogens with one attached hydrogen (secondary N) is 1. The fourth-order valence-corrected chi connectivity index (χ4v) is 2.79. The van der Waals surface area contributed by atoms with Crippen LogP contribution in [0, 0.1) is 0 Å². The standard InChI is InChI=1S/C19H24ClNO3/c1-5-24-16-8-6-15(7-9-16)13(2)21-12-14-10-17(20)19(23-4)18(11-14)22-3/h6-11,13,21H,5,12H2,1-4H3. The van der Waals surface area contributed by atoms with E-state index in [1.165, 1.54) is 5.56 Å². The van der Waals surface area contributed by atoms with Gasteiger partial charge in [-0.1, -0.05) is 23.7 Å². The Morgan fingerprint density at radius 1 is 1.08 bits per heavy atom. The highest BCUT2D eigenvalue weighted by molar-refractivity contribution is 6.32. The molecule has 24 heavy (non-hydrogen) atoms. The molecule has 1 unspecified atom stereocenters. The highest BCUT2D eigenvalue weighted by atomic mass is 35.5. The van der Waals surface area contributed by atoms with Gasteiger partial charge < -0.3 is 19.5 Å². The quantitative estimate of drug-likeness (QED) is 0.755. The van der Waals surface area contributed by atoms with E-state index in [2.05, 4.69) is 24.4 Å².